The number of nitrogens with one attached hydrogen (secondary N) is 1. The molecule has 9 heteroatoms. The third kappa shape index (κ3) is 5.91. The Bertz CT molecular complexity index is 1040. The number of aryl methyl sites for hydroxylation is 2. The van der Waals surface area contributed by atoms with E-state index in [1.165, 1.54) is 11.8 Å². The van der Waals surface area contributed by atoms with Crippen molar-refractivity contribution in [2.45, 2.75) is 24.5 Å². The predicted octanol–water partition coefficient (Wildman–Crippen LogP) is 4.54. The van der Waals surface area contributed by atoms with E-state index < -0.39 is 11.9 Å². The molecule has 0 aliphatic carbocycles. The molecule has 3 rings (SSSR count). The van der Waals surface area contributed by atoms with Crippen molar-refractivity contribution in [1.82, 2.24) is 10.1 Å². The summed E-state index contributed by atoms with van der Waals surface area (Å²) >= 11 is 4.79. The lowest BCUT2D eigenvalue weighted by Crippen LogP contribution is -2.21. The first-order chi connectivity index (χ1) is 13.9. The number of esters is 1. The SMILES string of the molecule is Cc1noc(CSc2ccccc2C(=O)OCC(=O)Nc2ccc(Br)c(C)c2)n1. The molecule has 3 aromatic rings. The molecule has 1 heterocycles. The molecule has 1 N–H and O–H groups in total. The Morgan fingerprint density at radius 2 is 2.00 bits per heavy atom. The van der Waals surface area contributed by atoms with Crippen LogP contribution in [-0.4, -0.2) is 28.6 Å². The average Bonchev–Trinajstić information content (AvgIpc) is 3.13. The number of carbonyl (C=O) groups excluding carboxylic acids is 2. The van der Waals surface area contributed by atoms with E-state index in [9.17, 15) is 9.59 Å². The second-order valence-corrected chi connectivity index (χ2v) is 7.98. The van der Waals surface area contributed by atoms with Gasteiger partial charge in [0.05, 0.1) is 11.3 Å². The van der Waals surface area contributed by atoms with Crippen LogP contribution in [0.4, 0.5) is 5.69 Å². The standard InChI is InChI=1S/C20H18BrN3O4S/c1-12-9-14(7-8-16(12)21)23-18(25)10-27-20(26)15-5-3-4-6-17(15)29-11-19-22-13(2)24-28-19/h3-9H,10-11H2,1-2H3,(H,23,25). The molecule has 0 bridgehead atoms. The van der Waals surface area contributed by atoms with Crippen LogP contribution in [0.1, 0.15) is 27.6 Å². The molecule has 0 aliphatic heterocycles. The van der Waals surface area contributed by atoms with E-state index in [2.05, 4.69) is 31.4 Å². The molecule has 150 valence electrons. The van der Waals surface area contributed by atoms with Crippen LogP contribution in [0.3, 0.4) is 0 Å². The van der Waals surface area contributed by atoms with E-state index >= 15 is 0 Å². The summed E-state index contributed by atoms with van der Waals surface area (Å²) in [6, 6.07) is 12.4. The van der Waals surface area contributed by atoms with Gasteiger partial charge in [0.25, 0.3) is 5.91 Å². The molecule has 0 fully saturated rings. The van der Waals surface area contributed by atoms with Crippen LogP contribution in [-0.2, 0) is 15.3 Å². The van der Waals surface area contributed by atoms with Crippen LogP contribution in [0.2, 0.25) is 0 Å². The van der Waals surface area contributed by atoms with Crippen molar-refractivity contribution in [2.24, 2.45) is 0 Å². The summed E-state index contributed by atoms with van der Waals surface area (Å²) in [6.45, 7) is 3.28. The Hall–Kier alpha value is -2.65. The van der Waals surface area contributed by atoms with E-state index in [1.54, 1.807) is 31.2 Å². The maximum atomic E-state index is 12.5. The minimum Gasteiger partial charge on any atom is -0.452 e. The zero-order chi connectivity index (χ0) is 20.8. The Morgan fingerprint density at radius 1 is 1.21 bits per heavy atom. The van der Waals surface area contributed by atoms with Gasteiger partial charge in [-0.25, -0.2) is 4.79 Å². The van der Waals surface area contributed by atoms with Crippen LogP contribution in [0, 0.1) is 13.8 Å². The van der Waals surface area contributed by atoms with Crippen molar-refractivity contribution >= 4 is 45.3 Å². The predicted molar refractivity (Wildman–Crippen MR) is 113 cm³/mol. The van der Waals surface area contributed by atoms with Gasteiger partial charge in [0.1, 0.15) is 0 Å². The topological polar surface area (TPSA) is 94.3 Å². The number of hydrogen-bond donors (Lipinski definition) is 1. The van der Waals surface area contributed by atoms with E-state index in [0.717, 1.165) is 10.0 Å². The summed E-state index contributed by atoms with van der Waals surface area (Å²) in [5.41, 5.74) is 2.00. The first kappa shape index (κ1) is 21.1. The molecular formula is C20H18BrN3O4S. The first-order valence-electron chi connectivity index (χ1n) is 8.66. The number of benzene rings is 2. The molecule has 0 atom stereocenters. The van der Waals surface area contributed by atoms with Crippen LogP contribution in [0.25, 0.3) is 0 Å². The normalized spacial score (nSPS) is 10.6. The number of amides is 1. The molecule has 2 aromatic carbocycles. The summed E-state index contributed by atoms with van der Waals surface area (Å²) in [7, 11) is 0. The third-order valence-electron chi connectivity index (χ3n) is 3.80. The maximum Gasteiger partial charge on any atom is 0.339 e. The average molecular weight is 476 g/mol. The van der Waals surface area contributed by atoms with Crippen molar-refractivity contribution in [3.8, 4) is 0 Å². The molecule has 0 saturated heterocycles. The minimum absolute atomic E-state index is 0.376. The Kier molecular flexibility index (Phi) is 7.05. The summed E-state index contributed by atoms with van der Waals surface area (Å²) in [5.74, 6) is 0.470. The molecule has 7 nitrogen and oxygen atoms in total. The number of nitrogens with zero attached hydrogens (tertiary/aromatic N) is 2. The monoisotopic (exact) mass is 475 g/mol. The molecule has 1 amide bonds. The van der Waals surface area contributed by atoms with Crippen molar-refractivity contribution in [2.75, 3.05) is 11.9 Å². The number of anilines is 1. The summed E-state index contributed by atoms with van der Waals surface area (Å²) < 4.78 is 11.2. The van der Waals surface area contributed by atoms with Crippen molar-refractivity contribution in [1.29, 1.82) is 0 Å². The van der Waals surface area contributed by atoms with Gasteiger partial charge in [0, 0.05) is 15.1 Å². The van der Waals surface area contributed by atoms with Crippen LogP contribution in [0.5, 0.6) is 0 Å². The molecule has 29 heavy (non-hydrogen) atoms. The summed E-state index contributed by atoms with van der Waals surface area (Å²) in [5, 5.41) is 6.45. The van der Waals surface area contributed by atoms with E-state index in [-0.39, 0.29) is 6.61 Å². The van der Waals surface area contributed by atoms with Gasteiger partial charge in [0.2, 0.25) is 5.89 Å². The Balaban J connectivity index is 1.57. The molecule has 0 spiro atoms. The van der Waals surface area contributed by atoms with Crippen molar-refractivity contribution in [3.63, 3.8) is 0 Å². The lowest BCUT2D eigenvalue weighted by molar-refractivity contribution is -0.119. The van der Waals surface area contributed by atoms with Crippen molar-refractivity contribution in [3.05, 3.63) is 69.8 Å². The molecule has 0 radical (unpaired) electrons. The number of aromatic nitrogens is 2. The van der Waals surface area contributed by atoms with E-state index in [1.807, 2.05) is 25.1 Å². The number of rotatable bonds is 7. The van der Waals surface area contributed by atoms with Gasteiger partial charge >= 0.3 is 5.97 Å². The minimum atomic E-state index is -0.572. The number of thioether (sulfide) groups is 1. The van der Waals surface area contributed by atoms with Gasteiger partial charge in [-0.15, -0.1) is 11.8 Å². The van der Waals surface area contributed by atoms with E-state index in [0.29, 0.717) is 33.6 Å². The largest absolute Gasteiger partial charge is 0.452 e. The van der Waals surface area contributed by atoms with Crippen LogP contribution >= 0.6 is 27.7 Å². The fourth-order valence-corrected chi connectivity index (χ4v) is 3.55. The number of ether oxygens (including phenoxy) is 1. The molecule has 1 aromatic heterocycles. The maximum absolute atomic E-state index is 12.5. The first-order valence-corrected chi connectivity index (χ1v) is 10.4. The lowest BCUT2D eigenvalue weighted by Gasteiger charge is -2.10. The molecule has 0 unspecified atom stereocenters. The van der Waals surface area contributed by atoms with Gasteiger partial charge in [-0.2, -0.15) is 4.98 Å². The van der Waals surface area contributed by atoms with E-state index in [4.69, 9.17) is 9.26 Å². The second-order valence-electron chi connectivity index (χ2n) is 6.11. The highest BCUT2D eigenvalue weighted by Crippen LogP contribution is 2.26. The molecular weight excluding hydrogens is 458 g/mol. The molecule has 0 aliphatic rings. The van der Waals surface area contributed by atoms with Gasteiger partial charge in [-0.1, -0.05) is 33.2 Å². The zero-order valence-electron chi connectivity index (χ0n) is 15.8. The summed E-state index contributed by atoms with van der Waals surface area (Å²) in [6.07, 6.45) is 0. The fraction of sp³-hybridized carbons (Fsp3) is 0.200. The Labute approximate surface area is 180 Å². The third-order valence-corrected chi connectivity index (χ3v) is 5.75. The van der Waals surface area contributed by atoms with Crippen LogP contribution < -0.4 is 5.32 Å². The van der Waals surface area contributed by atoms with Crippen molar-refractivity contribution < 1.29 is 18.8 Å². The highest BCUT2D eigenvalue weighted by molar-refractivity contribution is 9.10. The van der Waals surface area contributed by atoms with Gasteiger partial charge in [0.15, 0.2) is 12.4 Å². The zero-order valence-corrected chi connectivity index (χ0v) is 18.2. The number of carbonyl (C=O) groups is 2. The fourth-order valence-electron chi connectivity index (χ4n) is 2.43. The Morgan fingerprint density at radius 3 is 2.72 bits per heavy atom. The van der Waals surface area contributed by atoms with Crippen LogP contribution in [0.15, 0.2) is 56.4 Å². The lowest BCUT2D eigenvalue weighted by atomic mass is 10.2. The molecule has 0 saturated carbocycles. The number of hydrogen-bond acceptors (Lipinski definition) is 7. The van der Waals surface area contributed by atoms with Gasteiger partial charge in [-0.3, -0.25) is 4.79 Å². The van der Waals surface area contributed by atoms with Gasteiger partial charge < -0.3 is 14.6 Å². The highest BCUT2D eigenvalue weighted by Gasteiger charge is 2.16. The highest BCUT2D eigenvalue weighted by atomic mass is 79.9. The van der Waals surface area contributed by atoms with Gasteiger partial charge in [-0.05, 0) is 49.7 Å². The number of halogens is 1. The summed E-state index contributed by atoms with van der Waals surface area (Å²) in [4.78, 5) is 29.4. The smallest absolute Gasteiger partial charge is 0.339 e. The quantitative estimate of drug-likeness (QED) is 0.395. The second kappa shape index (κ2) is 9.71.